The molecule has 0 saturated carbocycles. The van der Waals surface area contributed by atoms with Crippen LogP contribution >= 0.6 is 0 Å². The zero-order chi connectivity index (χ0) is 14.8. The van der Waals surface area contributed by atoms with E-state index in [1.807, 2.05) is 0 Å². The highest BCUT2D eigenvalue weighted by molar-refractivity contribution is 6.19. The number of hydrogen-bond donors (Lipinski definition) is 1. The summed E-state index contributed by atoms with van der Waals surface area (Å²) in [6.07, 6.45) is 0.659. The van der Waals surface area contributed by atoms with Crippen molar-refractivity contribution in [3.63, 3.8) is 0 Å². The molecule has 2 unspecified atom stereocenters. The Labute approximate surface area is 122 Å². The molecule has 2 bridgehead atoms. The average molecular weight is 285 g/mol. The number of anilines is 1. The van der Waals surface area contributed by atoms with E-state index < -0.39 is 12.2 Å². The van der Waals surface area contributed by atoms with Crippen LogP contribution in [0.15, 0.2) is 24.3 Å². The van der Waals surface area contributed by atoms with Crippen molar-refractivity contribution in [1.29, 1.82) is 0 Å². The lowest BCUT2D eigenvalue weighted by Gasteiger charge is -2.29. The van der Waals surface area contributed by atoms with Crippen LogP contribution in [-0.2, 0) is 14.3 Å². The number of imide groups is 1. The fourth-order valence-electron chi connectivity index (χ4n) is 2.57. The van der Waals surface area contributed by atoms with E-state index in [9.17, 15) is 9.59 Å². The highest BCUT2D eigenvalue weighted by Gasteiger charge is 2.46. The van der Waals surface area contributed by atoms with Gasteiger partial charge in [-0.05, 0) is 37.1 Å². The SMILES string of the molecule is O=C1C2CCC(O2)C(=O)N1c1ccc(C#CCCO)cc1. The maximum atomic E-state index is 12.2. The second-order valence-corrected chi connectivity index (χ2v) is 5.02. The summed E-state index contributed by atoms with van der Waals surface area (Å²) in [7, 11) is 0. The number of morpholine rings is 1. The number of rotatable bonds is 2. The molecule has 2 aliphatic heterocycles. The highest BCUT2D eigenvalue weighted by atomic mass is 16.5. The van der Waals surface area contributed by atoms with Crippen LogP contribution in [0.5, 0.6) is 0 Å². The van der Waals surface area contributed by atoms with E-state index in [1.165, 1.54) is 4.90 Å². The molecule has 0 radical (unpaired) electrons. The van der Waals surface area contributed by atoms with Gasteiger partial charge in [0.2, 0.25) is 0 Å². The molecule has 5 heteroatoms. The quantitative estimate of drug-likeness (QED) is 0.646. The monoisotopic (exact) mass is 285 g/mol. The molecular formula is C16H15NO4. The molecule has 1 aromatic carbocycles. The highest BCUT2D eigenvalue weighted by Crippen LogP contribution is 2.31. The van der Waals surface area contributed by atoms with Gasteiger partial charge in [-0.3, -0.25) is 9.59 Å². The van der Waals surface area contributed by atoms with Gasteiger partial charge in [0.05, 0.1) is 12.3 Å². The van der Waals surface area contributed by atoms with Crippen LogP contribution in [0.2, 0.25) is 0 Å². The minimum Gasteiger partial charge on any atom is -0.395 e. The number of carbonyl (C=O) groups is 2. The molecule has 2 saturated heterocycles. The van der Waals surface area contributed by atoms with Crippen LogP contribution in [0, 0.1) is 11.8 Å². The second-order valence-electron chi connectivity index (χ2n) is 5.02. The lowest BCUT2D eigenvalue weighted by Crippen LogP contribution is -2.52. The standard InChI is InChI=1S/C16H15NO4/c18-10-2-1-3-11-4-6-12(7-5-11)17-15(19)13-8-9-14(21-13)16(17)20/h4-7,13-14,18H,2,8-10H2. The van der Waals surface area contributed by atoms with E-state index in [0.29, 0.717) is 24.9 Å². The van der Waals surface area contributed by atoms with Crippen LogP contribution in [0.3, 0.4) is 0 Å². The number of nitrogens with zero attached hydrogens (tertiary/aromatic N) is 1. The largest absolute Gasteiger partial charge is 0.395 e. The van der Waals surface area contributed by atoms with Gasteiger partial charge in [-0.15, -0.1) is 0 Å². The van der Waals surface area contributed by atoms with Gasteiger partial charge in [0.25, 0.3) is 11.8 Å². The summed E-state index contributed by atoms with van der Waals surface area (Å²) in [4.78, 5) is 25.6. The van der Waals surface area contributed by atoms with Crippen molar-refractivity contribution in [2.24, 2.45) is 0 Å². The van der Waals surface area contributed by atoms with Crippen molar-refractivity contribution in [1.82, 2.24) is 0 Å². The molecule has 2 atom stereocenters. The van der Waals surface area contributed by atoms with Crippen LogP contribution in [0.25, 0.3) is 0 Å². The number of benzene rings is 1. The minimum atomic E-state index is -0.489. The molecule has 5 nitrogen and oxygen atoms in total. The van der Waals surface area contributed by atoms with Crippen molar-refractivity contribution in [3.05, 3.63) is 29.8 Å². The Kier molecular flexibility index (Phi) is 3.74. The van der Waals surface area contributed by atoms with Crippen molar-refractivity contribution in [3.8, 4) is 11.8 Å². The average Bonchev–Trinajstić information content (AvgIpc) is 2.94. The number of aliphatic hydroxyl groups is 1. The number of ether oxygens (including phenoxy) is 1. The van der Waals surface area contributed by atoms with Gasteiger partial charge in [-0.2, -0.15) is 0 Å². The third-order valence-electron chi connectivity index (χ3n) is 3.61. The molecule has 21 heavy (non-hydrogen) atoms. The molecule has 0 aliphatic carbocycles. The second kappa shape index (κ2) is 5.68. The van der Waals surface area contributed by atoms with E-state index in [0.717, 1.165) is 5.56 Å². The number of aliphatic hydroxyl groups excluding tert-OH is 1. The van der Waals surface area contributed by atoms with E-state index >= 15 is 0 Å². The maximum absolute atomic E-state index is 12.2. The van der Waals surface area contributed by atoms with Gasteiger partial charge < -0.3 is 9.84 Å². The number of hydrogen-bond acceptors (Lipinski definition) is 4. The zero-order valence-corrected chi connectivity index (χ0v) is 11.4. The fourth-order valence-corrected chi connectivity index (χ4v) is 2.57. The smallest absolute Gasteiger partial charge is 0.262 e. The van der Waals surface area contributed by atoms with Crippen LogP contribution in [0.1, 0.15) is 24.8 Å². The molecule has 0 spiro atoms. The molecule has 2 heterocycles. The summed E-state index contributed by atoms with van der Waals surface area (Å²) in [6.45, 7) is 0.0324. The van der Waals surface area contributed by atoms with Gasteiger partial charge in [0.15, 0.2) is 0 Å². The first-order valence-corrected chi connectivity index (χ1v) is 6.94. The van der Waals surface area contributed by atoms with E-state index in [4.69, 9.17) is 9.84 Å². The lowest BCUT2D eigenvalue weighted by atomic mass is 10.1. The van der Waals surface area contributed by atoms with E-state index in [1.54, 1.807) is 24.3 Å². The van der Waals surface area contributed by atoms with Crippen molar-refractivity contribution in [2.75, 3.05) is 11.5 Å². The zero-order valence-electron chi connectivity index (χ0n) is 11.4. The maximum Gasteiger partial charge on any atom is 0.262 e. The molecule has 3 rings (SSSR count). The summed E-state index contributed by atoms with van der Waals surface area (Å²) in [5.74, 6) is 5.16. The topological polar surface area (TPSA) is 66.8 Å². The summed E-state index contributed by atoms with van der Waals surface area (Å²) < 4.78 is 5.38. The summed E-state index contributed by atoms with van der Waals surface area (Å²) in [6, 6.07) is 6.95. The van der Waals surface area contributed by atoms with Crippen LogP contribution in [0.4, 0.5) is 5.69 Å². The summed E-state index contributed by atoms with van der Waals surface area (Å²) >= 11 is 0. The molecular weight excluding hydrogens is 270 g/mol. The molecule has 2 amide bonds. The van der Waals surface area contributed by atoms with Crippen molar-refractivity contribution in [2.45, 2.75) is 31.5 Å². The molecule has 1 aromatic rings. The predicted molar refractivity (Wildman–Crippen MR) is 75.4 cm³/mol. The van der Waals surface area contributed by atoms with Gasteiger partial charge in [0, 0.05) is 12.0 Å². The Morgan fingerprint density at radius 1 is 1.14 bits per heavy atom. The van der Waals surface area contributed by atoms with Gasteiger partial charge in [-0.1, -0.05) is 11.8 Å². The van der Waals surface area contributed by atoms with E-state index in [2.05, 4.69) is 11.8 Å². The van der Waals surface area contributed by atoms with Gasteiger partial charge in [0.1, 0.15) is 12.2 Å². The molecule has 2 fully saturated rings. The third kappa shape index (κ3) is 2.56. The number of carbonyl (C=O) groups excluding carboxylic acids is 2. The number of amides is 2. The van der Waals surface area contributed by atoms with Crippen molar-refractivity contribution < 1.29 is 19.4 Å². The minimum absolute atomic E-state index is 0.0324. The summed E-state index contributed by atoms with van der Waals surface area (Å²) in [5, 5.41) is 8.68. The summed E-state index contributed by atoms with van der Waals surface area (Å²) in [5.41, 5.74) is 1.33. The molecule has 1 N–H and O–H groups in total. The normalized spacial score (nSPS) is 24.0. The Hall–Kier alpha value is -2.16. The fraction of sp³-hybridized carbons (Fsp3) is 0.375. The first-order valence-electron chi connectivity index (χ1n) is 6.94. The third-order valence-corrected chi connectivity index (χ3v) is 3.61. The first-order chi connectivity index (χ1) is 10.2. The molecule has 2 aliphatic rings. The first kappa shape index (κ1) is 13.8. The van der Waals surface area contributed by atoms with E-state index in [-0.39, 0.29) is 18.4 Å². The molecule has 108 valence electrons. The Morgan fingerprint density at radius 2 is 1.76 bits per heavy atom. The Balaban J connectivity index is 1.82. The molecule has 0 aromatic heterocycles. The predicted octanol–water partition coefficient (Wildman–Crippen LogP) is 0.841. The Bertz CT molecular complexity index is 604. The van der Waals surface area contributed by atoms with Crippen molar-refractivity contribution >= 4 is 17.5 Å². The van der Waals surface area contributed by atoms with Gasteiger partial charge >= 0.3 is 0 Å². The van der Waals surface area contributed by atoms with Crippen LogP contribution in [-0.4, -0.2) is 35.7 Å². The number of fused-ring (bicyclic) bond motifs is 2. The van der Waals surface area contributed by atoms with Crippen LogP contribution < -0.4 is 4.90 Å². The van der Waals surface area contributed by atoms with Gasteiger partial charge in [-0.25, -0.2) is 4.90 Å². The Morgan fingerprint density at radius 3 is 2.33 bits per heavy atom. The lowest BCUT2D eigenvalue weighted by molar-refractivity contribution is -0.146.